The molecule has 2 rings (SSSR count). The molecular weight excluding hydrogens is 260 g/mol. The van der Waals surface area contributed by atoms with Crippen molar-refractivity contribution in [2.24, 2.45) is 0 Å². The smallest absolute Gasteiger partial charge is 0.311 e. The van der Waals surface area contributed by atoms with E-state index in [1.54, 1.807) is 0 Å². The Morgan fingerprint density at radius 2 is 2.33 bits per heavy atom. The van der Waals surface area contributed by atoms with E-state index < -0.39 is 11.9 Å². The first-order valence-electron chi connectivity index (χ1n) is 4.75. The molecule has 1 aliphatic heterocycles. The first kappa shape index (κ1) is 10.5. The molecule has 0 radical (unpaired) electrons. The molecule has 1 atom stereocenters. The van der Waals surface area contributed by atoms with Gasteiger partial charge in [-0.3, -0.25) is 4.79 Å². The lowest BCUT2D eigenvalue weighted by atomic mass is 9.92. The Labute approximate surface area is 96.2 Å². The van der Waals surface area contributed by atoms with Crippen LogP contribution < -0.4 is 4.74 Å². The van der Waals surface area contributed by atoms with Crippen LogP contribution in [0.2, 0.25) is 0 Å². The minimum Gasteiger partial charge on any atom is -0.493 e. The minimum absolute atomic E-state index is 0.440. The highest BCUT2D eigenvalue weighted by Crippen LogP contribution is 2.38. The molecule has 4 heteroatoms. The fourth-order valence-corrected chi connectivity index (χ4v) is 2.49. The Hall–Kier alpha value is -1.03. The normalized spacial score (nSPS) is 19.2. The van der Waals surface area contributed by atoms with E-state index in [9.17, 15) is 4.79 Å². The quantitative estimate of drug-likeness (QED) is 0.854. The number of carboxylic acid groups (broad SMARTS) is 1. The van der Waals surface area contributed by atoms with E-state index in [1.807, 2.05) is 19.1 Å². The molecule has 0 aromatic heterocycles. The summed E-state index contributed by atoms with van der Waals surface area (Å²) in [6.45, 7) is 2.40. The van der Waals surface area contributed by atoms with E-state index in [0.717, 1.165) is 21.3 Å². The third-order valence-electron chi connectivity index (χ3n) is 2.59. The van der Waals surface area contributed by atoms with Gasteiger partial charge in [0.15, 0.2) is 0 Å². The number of fused-ring (bicyclic) bond motifs is 1. The number of ether oxygens (including phenoxy) is 1. The average Bonchev–Trinajstić information content (AvgIpc) is 2.16. The molecule has 0 fully saturated rings. The zero-order valence-corrected chi connectivity index (χ0v) is 9.87. The lowest BCUT2D eigenvalue weighted by Crippen LogP contribution is -2.21. The van der Waals surface area contributed by atoms with Crippen LogP contribution >= 0.6 is 15.9 Å². The molecule has 1 aromatic rings. The Morgan fingerprint density at radius 1 is 1.60 bits per heavy atom. The van der Waals surface area contributed by atoms with Gasteiger partial charge in [-0.1, -0.05) is 15.9 Å². The molecule has 1 aromatic carbocycles. The standard InChI is InChI=1S/C11H11BrO3/c1-6-4-7(12)5-9-8(11(13)14)2-3-15-10(6)9/h4-5,8H,2-3H2,1H3,(H,13,14). The van der Waals surface area contributed by atoms with Crippen LogP contribution in [0.3, 0.4) is 0 Å². The Balaban J connectivity index is 2.55. The van der Waals surface area contributed by atoms with Crippen LogP contribution in [0.4, 0.5) is 0 Å². The number of carbonyl (C=O) groups is 1. The molecule has 0 spiro atoms. The summed E-state index contributed by atoms with van der Waals surface area (Å²) < 4.78 is 6.40. The van der Waals surface area contributed by atoms with Crippen molar-refractivity contribution in [2.75, 3.05) is 6.61 Å². The number of aryl methyl sites for hydroxylation is 1. The van der Waals surface area contributed by atoms with Gasteiger partial charge in [0.05, 0.1) is 12.5 Å². The lowest BCUT2D eigenvalue weighted by Gasteiger charge is -2.24. The van der Waals surface area contributed by atoms with Crippen molar-refractivity contribution in [1.29, 1.82) is 0 Å². The molecule has 1 aliphatic rings. The zero-order valence-electron chi connectivity index (χ0n) is 8.29. The highest BCUT2D eigenvalue weighted by atomic mass is 79.9. The van der Waals surface area contributed by atoms with Crippen molar-refractivity contribution in [3.05, 3.63) is 27.7 Å². The predicted octanol–water partition coefficient (Wildman–Crippen LogP) is 2.71. The van der Waals surface area contributed by atoms with E-state index in [0.29, 0.717) is 13.0 Å². The molecule has 1 unspecified atom stereocenters. The lowest BCUT2D eigenvalue weighted by molar-refractivity contribution is -0.139. The number of aliphatic carboxylic acids is 1. The molecule has 1 N–H and O–H groups in total. The van der Waals surface area contributed by atoms with Gasteiger partial charge in [0.25, 0.3) is 0 Å². The molecule has 0 amide bonds. The third kappa shape index (κ3) is 1.86. The van der Waals surface area contributed by atoms with Crippen molar-refractivity contribution in [3.63, 3.8) is 0 Å². The van der Waals surface area contributed by atoms with Gasteiger partial charge in [0.1, 0.15) is 5.75 Å². The van der Waals surface area contributed by atoms with Crippen molar-refractivity contribution in [2.45, 2.75) is 19.3 Å². The zero-order chi connectivity index (χ0) is 11.0. The number of benzene rings is 1. The summed E-state index contributed by atoms with van der Waals surface area (Å²) in [7, 11) is 0. The van der Waals surface area contributed by atoms with Crippen LogP contribution in [0.5, 0.6) is 5.75 Å². The van der Waals surface area contributed by atoms with Crippen LogP contribution in [0, 0.1) is 6.92 Å². The van der Waals surface area contributed by atoms with Crippen LogP contribution in [0.25, 0.3) is 0 Å². The number of hydrogen-bond acceptors (Lipinski definition) is 2. The van der Waals surface area contributed by atoms with E-state index in [4.69, 9.17) is 9.84 Å². The van der Waals surface area contributed by atoms with E-state index >= 15 is 0 Å². The second-order valence-corrected chi connectivity index (χ2v) is 4.58. The fraction of sp³-hybridized carbons (Fsp3) is 0.364. The van der Waals surface area contributed by atoms with Gasteiger partial charge in [-0.05, 0) is 31.0 Å². The maximum Gasteiger partial charge on any atom is 0.311 e. The molecule has 0 saturated carbocycles. The van der Waals surface area contributed by atoms with Gasteiger partial charge in [-0.25, -0.2) is 0 Å². The van der Waals surface area contributed by atoms with Crippen LogP contribution in [-0.4, -0.2) is 17.7 Å². The summed E-state index contributed by atoms with van der Waals surface area (Å²) in [6.07, 6.45) is 0.540. The molecule has 0 aliphatic carbocycles. The summed E-state index contributed by atoms with van der Waals surface area (Å²) in [6, 6.07) is 3.77. The van der Waals surface area contributed by atoms with E-state index in [1.165, 1.54) is 0 Å². The SMILES string of the molecule is Cc1cc(Br)cc2c1OCCC2C(=O)O. The highest BCUT2D eigenvalue weighted by molar-refractivity contribution is 9.10. The van der Waals surface area contributed by atoms with E-state index in [-0.39, 0.29) is 0 Å². The number of rotatable bonds is 1. The molecule has 3 nitrogen and oxygen atoms in total. The largest absolute Gasteiger partial charge is 0.493 e. The van der Waals surface area contributed by atoms with Crippen molar-refractivity contribution < 1.29 is 14.6 Å². The number of halogens is 1. The van der Waals surface area contributed by atoms with E-state index in [2.05, 4.69) is 15.9 Å². The summed E-state index contributed by atoms with van der Waals surface area (Å²) in [4.78, 5) is 11.1. The van der Waals surface area contributed by atoms with Gasteiger partial charge in [-0.15, -0.1) is 0 Å². The predicted molar refractivity (Wildman–Crippen MR) is 59.4 cm³/mol. The maximum atomic E-state index is 11.1. The summed E-state index contributed by atoms with van der Waals surface area (Å²) in [5.74, 6) is -0.487. The van der Waals surface area contributed by atoms with Gasteiger partial charge >= 0.3 is 5.97 Å². The second-order valence-electron chi connectivity index (χ2n) is 3.67. The summed E-state index contributed by atoms with van der Waals surface area (Å²) in [5, 5.41) is 9.10. The second kappa shape index (κ2) is 3.85. The Morgan fingerprint density at radius 3 is 3.00 bits per heavy atom. The van der Waals surface area contributed by atoms with Crippen molar-refractivity contribution >= 4 is 21.9 Å². The molecule has 80 valence electrons. The van der Waals surface area contributed by atoms with Crippen LogP contribution in [0.15, 0.2) is 16.6 Å². The fourth-order valence-electron chi connectivity index (χ4n) is 1.90. The molecule has 0 bridgehead atoms. The van der Waals surface area contributed by atoms with Crippen molar-refractivity contribution in [1.82, 2.24) is 0 Å². The van der Waals surface area contributed by atoms with Crippen LogP contribution in [-0.2, 0) is 4.79 Å². The highest BCUT2D eigenvalue weighted by Gasteiger charge is 2.28. The number of hydrogen-bond donors (Lipinski definition) is 1. The average molecular weight is 271 g/mol. The van der Waals surface area contributed by atoms with Crippen molar-refractivity contribution in [3.8, 4) is 5.75 Å². The monoisotopic (exact) mass is 270 g/mol. The summed E-state index contributed by atoms with van der Waals surface area (Å²) in [5.41, 5.74) is 1.76. The molecule has 0 saturated heterocycles. The van der Waals surface area contributed by atoms with Gasteiger partial charge < -0.3 is 9.84 Å². The molecule has 15 heavy (non-hydrogen) atoms. The first-order valence-corrected chi connectivity index (χ1v) is 5.54. The van der Waals surface area contributed by atoms with Gasteiger partial charge in [0.2, 0.25) is 0 Å². The minimum atomic E-state index is -0.781. The maximum absolute atomic E-state index is 11.1. The number of carboxylic acids is 1. The first-order chi connectivity index (χ1) is 7.09. The molecule has 1 heterocycles. The van der Waals surface area contributed by atoms with Crippen LogP contribution in [0.1, 0.15) is 23.5 Å². The summed E-state index contributed by atoms with van der Waals surface area (Å²) >= 11 is 3.37. The third-order valence-corrected chi connectivity index (χ3v) is 3.05. The Bertz CT molecular complexity index is 415. The topological polar surface area (TPSA) is 46.5 Å². The van der Waals surface area contributed by atoms with Gasteiger partial charge in [-0.2, -0.15) is 0 Å². The van der Waals surface area contributed by atoms with Gasteiger partial charge in [0, 0.05) is 10.0 Å². The Kier molecular flexibility index (Phi) is 2.69. The molecular formula is C11H11BrO3.